The Kier molecular flexibility index (Phi) is 6.85. The van der Waals surface area contributed by atoms with E-state index in [0.29, 0.717) is 29.8 Å². The molecular weight excluding hydrogens is 440 g/mol. The summed E-state index contributed by atoms with van der Waals surface area (Å²) in [7, 11) is 0. The Morgan fingerprint density at radius 3 is 2.58 bits per heavy atom. The number of thiocarbonyl (C=S) groups is 1. The monoisotopic (exact) mass is 468 g/mol. The fraction of sp³-hybridized carbons (Fsp3) is 0.435. The third-order valence-corrected chi connectivity index (χ3v) is 6.05. The van der Waals surface area contributed by atoms with Crippen molar-refractivity contribution in [3.63, 3.8) is 0 Å². The summed E-state index contributed by atoms with van der Waals surface area (Å²) in [4.78, 5) is 39.4. The summed E-state index contributed by atoms with van der Waals surface area (Å²) < 4.78 is 5.50. The maximum absolute atomic E-state index is 12.6. The number of anilines is 1. The quantitative estimate of drug-likeness (QED) is 0.669. The number of hydrogen-bond acceptors (Lipinski definition) is 7. The fourth-order valence-corrected chi connectivity index (χ4v) is 4.21. The summed E-state index contributed by atoms with van der Waals surface area (Å²) in [6.45, 7) is 9.31. The van der Waals surface area contributed by atoms with Crippen LogP contribution in [-0.2, 0) is 11.3 Å². The van der Waals surface area contributed by atoms with E-state index in [1.165, 1.54) is 11.1 Å². The van der Waals surface area contributed by atoms with E-state index in [2.05, 4.69) is 20.2 Å². The van der Waals surface area contributed by atoms with Crippen LogP contribution in [0.2, 0.25) is 0 Å². The lowest BCUT2D eigenvalue weighted by Crippen LogP contribution is -2.49. The van der Waals surface area contributed by atoms with E-state index in [-0.39, 0.29) is 17.9 Å². The van der Waals surface area contributed by atoms with Crippen molar-refractivity contribution < 1.29 is 14.3 Å². The predicted molar refractivity (Wildman–Crippen MR) is 128 cm³/mol. The molecule has 0 aliphatic carbocycles. The van der Waals surface area contributed by atoms with Gasteiger partial charge in [-0.15, -0.1) is 0 Å². The number of amides is 2. The molecule has 0 bridgehead atoms. The second kappa shape index (κ2) is 9.80. The highest BCUT2D eigenvalue weighted by Crippen LogP contribution is 2.23. The van der Waals surface area contributed by atoms with Crippen LogP contribution >= 0.6 is 12.2 Å². The van der Waals surface area contributed by atoms with Crippen molar-refractivity contribution in [3.05, 3.63) is 47.9 Å². The minimum atomic E-state index is -0.410. The molecule has 1 N–H and O–H groups in total. The average molecular weight is 469 g/mol. The van der Waals surface area contributed by atoms with Crippen LogP contribution in [0, 0.1) is 12.8 Å². The van der Waals surface area contributed by atoms with Crippen LogP contribution < -0.4 is 15.0 Å². The Bertz CT molecular complexity index is 1040. The van der Waals surface area contributed by atoms with Crippen molar-refractivity contribution in [2.75, 3.05) is 31.1 Å². The summed E-state index contributed by atoms with van der Waals surface area (Å²) in [6.07, 6.45) is 1.03. The number of aromatic nitrogens is 2. The molecule has 0 aromatic carbocycles. The van der Waals surface area contributed by atoms with Gasteiger partial charge in [-0.2, -0.15) is 0 Å². The minimum absolute atomic E-state index is 0.106. The third-order valence-electron chi connectivity index (χ3n) is 5.75. The van der Waals surface area contributed by atoms with Crippen LogP contribution in [0.3, 0.4) is 0 Å². The number of nitrogens with zero attached hydrogens (tertiary/aromatic N) is 5. The van der Waals surface area contributed by atoms with Crippen molar-refractivity contribution in [3.8, 4) is 5.75 Å². The SMILES string of the molecule is Cc1cccc(CN2CCN(C(=O)Oc3ccc(N4C(=O)C(C(C)C)NC4=S)nc3)CC2)n1. The molecule has 33 heavy (non-hydrogen) atoms. The van der Waals surface area contributed by atoms with Gasteiger partial charge >= 0.3 is 6.09 Å². The molecule has 2 amide bonds. The lowest BCUT2D eigenvalue weighted by Gasteiger charge is -2.33. The van der Waals surface area contributed by atoms with Gasteiger partial charge in [-0.05, 0) is 49.3 Å². The van der Waals surface area contributed by atoms with E-state index in [0.717, 1.165) is 31.0 Å². The number of ether oxygens (including phenoxy) is 1. The van der Waals surface area contributed by atoms with Gasteiger partial charge in [0.1, 0.15) is 11.9 Å². The zero-order chi connectivity index (χ0) is 23.5. The van der Waals surface area contributed by atoms with Crippen LogP contribution in [0.1, 0.15) is 25.2 Å². The first-order valence-electron chi connectivity index (χ1n) is 11.0. The first kappa shape index (κ1) is 23.1. The zero-order valence-corrected chi connectivity index (χ0v) is 19.8. The molecular formula is C23H28N6O3S. The molecule has 2 aliphatic rings. The molecule has 0 radical (unpaired) electrons. The molecule has 2 aromatic rings. The van der Waals surface area contributed by atoms with Crippen LogP contribution in [0.5, 0.6) is 5.75 Å². The standard InChI is InChI=1S/C23H28N6O3S/c1-15(2)20-21(30)29(22(33)26-20)19-8-7-18(13-24-19)32-23(31)28-11-9-27(10-12-28)14-17-6-4-5-16(3)25-17/h4-8,13,15,20H,9-12,14H2,1-3H3,(H,26,33). The van der Waals surface area contributed by atoms with Gasteiger partial charge in [0.2, 0.25) is 0 Å². The highest BCUT2D eigenvalue weighted by Gasteiger charge is 2.38. The highest BCUT2D eigenvalue weighted by atomic mass is 32.1. The maximum atomic E-state index is 12.6. The van der Waals surface area contributed by atoms with Crippen molar-refractivity contribution in [1.82, 2.24) is 25.1 Å². The molecule has 0 saturated carbocycles. The van der Waals surface area contributed by atoms with E-state index >= 15 is 0 Å². The van der Waals surface area contributed by atoms with Gasteiger partial charge in [-0.25, -0.2) is 14.7 Å². The number of hydrogen-bond donors (Lipinski definition) is 1. The first-order chi connectivity index (χ1) is 15.8. The molecule has 2 aliphatic heterocycles. The topological polar surface area (TPSA) is 90.9 Å². The summed E-state index contributed by atoms with van der Waals surface area (Å²) in [5.74, 6) is 0.695. The maximum Gasteiger partial charge on any atom is 0.415 e. The first-order valence-corrected chi connectivity index (χ1v) is 11.4. The lowest BCUT2D eigenvalue weighted by atomic mass is 10.1. The molecule has 10 heteroatoms. The van der Waals surface area contributed by atoms with Gasteiger partial charge in [-0.1, -0.05) is 19.9 Å². The number of rotatable bonds is 5. The lowest BCUT2D eigenvalue weighted by molar-refractivity contribution is -0.119. The van der Waals surface area contributed by atoms with E-state index in [1.54, 1.807) is 17.0 Å². The minimum Gasteiger partial charge on any atom is -0.409 e. The number of piperazine rings is 1. The molecule has 174 valence electrons. The summed E-state index contributed by atoms with van der Waals surface area (Å²) >= 11 is 5.30. The van der Waals surface area contributed by atoms with Gasteiger partial charge in [0.15, 0.2) is 10.9 Å². The van der Waals surface area contributed by atoms with Crippen LogP contribution in [0.25, 0.3) is 0 Å². The van der Waals surface area contributed by atoms with Crippen LogP contribution in [0.15, 0.2) is 36.5 Å². The summed E-state index contributed by atoms with van der Waals surface area (Å²) in [5, 5.41) is 3.36. The molecule has 0 spiro atoms. The van der Waals surface area contributed by atoms with Gasteiger partial charge in [0.25, 0.3) is 5.91 Å². The van der Waals surface area contributed by atoms with Crippen molar-refractivity contribution in [2.24, 2.45) is 5.92 Å². The molecule has 9 nitrogen and oxygen atoms in total. The Morgan fingerprint density at radius 2 is 1.97 bits per heavy atom. The molecule has 4 rings (SSSR count). The van der Waals surface area contributed by atoms with Gasteiger partial charge in [0.05, 0.1) is 11.9 Å². The van der Waals surface area contributed by atoms with Crippen LogP contribution in [0.4, 0.5) is 10.6 Å². The average Bonchev–Trinajstić information content (AvgIpc) is 3.09. The zero-order valence-electron chi connectivity index (χ0n) is 19.0. The second-order valence-electron chi connectivity index (χ2n) is 8.60. The van der Waals surface area contributed by atoms with Crippen molar-refractivity contribution in [2.45, 2.75) is 33.4 Å². The number of nitrogens with one attached hydrogen (secondary N) is 1. The number of aryl methyl sites for hydroxylation is 1. The summed E-state index contributed by atoms with van der Waals surface area (Å²) in [5.41, 5.74) is 2.03. The molecule has 4 heterocycles. The molecule has 2 fully saturated rings. The highest BCUT2D eigenvalue weighted by molar-refractivity contribution is 7.80. The van der Waals surface area contributed by atoms with Crippen LogP contribution in [-0.4, -0.2) is 69.1 Å². The van der Waals surface area contributed by atoms with Gasteiger partial charge < -0.3 is 15.0 Å². The second-order valence-corrected chi connectivity index (χ2v) is 8.99. The van der Waals surface area contributed by atoms with Crippen molar-refractivity contribution >= 4 is 35.1 Å². The number of pyridine rings is 2. The predicted octanol–water partition coefficient (Wildman–Crippen LogP) is 2.35. The Labute approximate surface area is 198 Å². The number of carbonyl (C=O) groups is 2. The Morgan fingerprint density at radius 1 is 1.21 bits per heavy atom. The summed E-state index contributed by atoms with van der Waals surface area (Å²) in [6, 6.07) is 8.90. The van der Waals surface area contributed by atoms with Gasteiger partial charge in [-0.3, -0.25) is 14.7 Å². The van der Waals surface area contributed by atoms with Crippen molar-refractivity contribution in [1.29, 1.82) is 0 Å². The van der Waals surface area contributed by atoms with E-state index in [4.69, 9.17) is 17.0 Å². The van der Waals surface area contributed by atoms with E-state index in [1.807, 2.05) is 39.0 Å². The number of carbonyl (C=O) groups excluding carboxylic acids is 2. The molecule has 2 aromatic heterocycles. The largest absolute Gasteiger partial charge is 0.415 e. The fourth-order valence-electron chi connectivity index (χ4n) is 3.90. The Balaban J connectivity index is 1.30. The molecule has 1 unspecified atom stereocenters. The van der Waals surface area contributed by atoms with E-state index in [9.17, 15) is 9.59 Å². The van der Waals surface area contributed by atoms with E-state index < -0.39 is 6.09 Å². The normalized spacial score (nSPS) is 19.2. The molecule has 1 atom stereocenters. The Hall–Kier alpha value is -3.11. The smallest absolute Gasteiger partial charge is 0.409 e. The van der Waals surface area contributed by atoms with Gasteiger partial charge in [0, 0.05) is 38.4 Å². The third kappa shape index (κ3) is 5.28. The molecule has 2 saturated heterocycles.